The molecule has 0 bridgehead atoms. The fourth-order valence-corrected chi connectivity index (χ4v) is 2.34. The largest absolute Gasteiger partial charge is 0.508 e. The highest BCUT2D eigenvalue weighted by Gasteiger charge is 2.05. The predicted molar refractivity (Wildman–Crippen MR) is 85.4 cm³/mol. The molecule has 2 aromatic carbocycles. The van der Waals surface area contributed by atoms with Crippen LogP contribution in [0.2, 0.25) is 0 Å². The summed E-state index contributed by atoms with van der Waals surface area (Å²) in [6, 6.07) is 16.4. The number of phenolic OH excluding ortho intramolecular Hbond substituents is 1. The standard InChI is InChI=1S/C18H23NO/c1-13(2)16-7-9-17(10-8-16)19-14(3)11-15-5-4-6-18(20)12-15/h4-10,12-14,19-20H,11H2,1-3H3/t14-/m1/s1. The third-order valence-electron chi connectivity index (χ3n) is 3.44. The van der Waals surface area contributed by atoms with E-state index in [9.17, 15) is 5.11 Å². The highest BCUT2D eigenvalue weighted by molar-refractivity contribution is 5.46. The van der Waals surface area contributed by atoms with Gasteiger partial charge in [0.2, 0.25) is 0 Å². The maximum Gasteiger partial charge on any atom is 0.115 e. The zero-order chi connectivity index (χ0) is 14.5. The zero-order valence-corrected chi connectivity index (χ0v) is 12.4. The molecule has 0 unspecified atom stereocenters. The normalized spacial score (nSPS) is 12.4. The zero-order valence-electron chi connectivity index (χ0n) is 12.4. The quantitative estimate of drug-likeness (QED) is 0.834. The van der Waals surface area contributed by atoms with Crippen molar-refractivity contribution in [3.05, 3.63) is 59.7 Å². The highest BCUT2D eigenvalue weighted by atomic mass is 16.3. The van der Waals surface area contributed by atoms with Gasteiger partial charge >= 0.3 is 0 Å². The smallest absolute Gasteiger partial charge is 0.115 e. The summed E-state index contributed by atoms with van der Waals surface area (Å²) in [5.41, 5.74) is 3.64. The van der Waals surface area contributed by atoms with Gasteiger partial charge in [-0.3, -0.25) is 0 Å². The summed E-state index contributed by atoms with van der Waals surface area (Å²) < 4.78 is 0. The van der Waals surface area contributed by atoms with Gasteiger partial charge in [0, 0.05) is 11.7 Å². The lowest BCUT2D eigenvalue weighted by molar-refractivity contribution is 0.474. The second-order valence-electron chi connectivity index (χ2n) is 5.70. The van der Waals surface area contributed by atoms with Gasteiger partial charge in [-0.1, -0.05) is 38.1 Å². The molecule has 1 atom stereocenters. The van der Waals surface area contributed by atoms with Crippen LogP contribution in [0, 0.1) is 0 Å². The van der Waals surface area contributed by atoms with Crippen LogP contribution >= 0.6 is 0 Å². The highest BCUT2D eigenvalue weighted by Crippen LogP contribution is 2.19. The molecule has 2 aromatic rings. The number of nitrogens with one attached hydrogen (secondary N) is 1. The lowest BCUT2D eigenvalue weighted by Crippen LogP contribution is -2.17. The molecule has 20 heavy (non-hydrogen) atoms. The minimum absolute atomic E-state index is 0.321. The summed E-state index contributed by atoms with van der Waals surface area (Å²) in [6.45, 7) is 6.56. The van der Waals surface area contributed by atoms with Crippen LogP contribution in [0.25, 0.3) is 0 Å². The average molecular weight is 269 g/mol. The summed E-state index contributed by atoms with van der Waals surface area (Å²) in [6.07, 6.45) is 0.889. The van der Waals surface area contributed by atoms with Crippen LogP contribution in [0.3, 0.4) is 0 Å². The Morgan fingerprint density at radius 1 is 1.00 bits per heavy atom. The van der Waals surface area contributed by atoms with E-state index in [0.29, 0.717) is 17.7 Å². The van der Waals surface area contributed by atoms with Gasteiger partial charge < -0.3 is 10.4 Å². The Morgan fingerprint density at radius 2 is 1.70 bits per heavy atom. The van der Waals surface area contributed by atoms with Gasteiger partial charge in [0.25, 0.3) is 0 Å². The van der Waals surface area contributed by atoms with Crippen LogP contribution in [0.15, 0.2) is 48.5 Å². The van der Waals surface area contributed by atoms with Crippen molar-refractivity contribution in [2.75, 3.05) is 5.32 Å². The summed E-state index contributed by atoms with van der Waals surface area (Å²) >= 11 is 0. The lowest BCUT2D eigenvalue weighted by Gasteiger charge is -2.16. The molecule has 0 aromatic heterocycles. The summed E-state index contributed by atoms with van der Waals surface area (Å²) in [7, 11) is 0. The lowest BCUT2D eigenvalue weighted by atomic mass is 10.0. The molecule has 106 valence electrons. The van der Waals surface area contributed by atoms with E-state index in [1.54, 1.807) is 6.07 Å². The maximum atomic E-state index is 9.48. The van der Waals surface area contributed by atoms with Crippen molar-refractivity contribution in [1.29, 1.82) is 0 Å². The average Bonchev–Trinajstić information content (AvgIpc) is 2.39. The number of phenols is 1. The molecular formula is C18H23NO. The number of hydrogen-bond acceptors (Lipinski definition) is 2. The topological polar surface area (TPSA) is 32.3 Å². The molecular weight excluding hydrogens is 246 g/mol. The third kappa shape index (κ3) is 4.02. The molecule has 2 nitrogen and oxygen atoms in total. The van der Waals surface area contributed by atoms with Gasteiger partial charge in [-0.05, 0) is 54.7 Å². The van der Waals surface area contributed by atoms with Crippen LogP contribution in [0.4, 0.5) is 5.69 Å². The minimum atomic E-state index is 0.321. The number of benzene rings is 2. The summed E-state index contributed by atoms with van der Waals surface area (Å²) in [5, 5.41) is 13.0. The molecule has 2 N–H and O–H groups in total. The van der Waals surface area contributed by atoms with E-state index in [2.05, 4.69) is 50.4 Å². The van der Waals surface area contributed by atoms with E-state index in [1.807, 2.05) is 18.2 Å². The van der Waals surface area contributed by atoms with Crippen molar-refractivity contribution in [1.82, 2.24) is 0 Å². The number of aromatic hydroxyl groups is 1. The van der Waals surface area contributed by atoms with Crippen molar-refractivity contribution in [3.8, 4) is 5.75 Å². The van der Waals surface area contributed by atoms with Gasteiger partial charge in [-0.25, -0.2) is 0 Å². The van der Waals surface area contributed by atoms with Crippen molar-refractivity contribution in [3.63, 3.8) is 0 Å². The van der Waals surface area contributed by atoms with Gasteiger partial charge in [0.1, 0.15) is 5.75 Å². The Labute approximate surface area is 121 Å². The van der Waals surface area contributed by atoms with Gasteiger partial charge in [-0.2, -0.15) is 0 Å². The van der Waals surface area contributed by atoms with Crippen molar-refractivity contribution in [2.45, 2.75) is 39.2 Å². The second kappa shape index (κ2) is 6.47. The Kier molecular flexibility index (Phi) is 4.67. The first-order valence-electron chi connectivity index (χ1n) is 7.19. The fourth-order valence-electron chi connectivity index (χ4n) is 2.34. The Hall–Kier alpha value is -1.96. The molecule has 0 fully saturated rings. The first-order valence-corrected chi connectivity index (χ1v) is 7.19. The van der Waals surface area contributed by atoms with Crippen LogP contribution in [0.5, 0.6) is 5.75 Å². The van der Waals surface area contributed by atoms with Gasteiger partial charge in [0.15, 0.2) is 0 Å². The molecule has 0 saturated carbocycles. The van der Waals surface area contributed by atoms with Crippen LogP contribution < -0.4 is 5.32 Å². The number of anilines is 1. The molecule has 0 aliphatic heterocycles. The van der Waals surface area contributed by atoms with E-state index in [-0.39, 0.29) is 0 Å². The molecule has 0 radical (unpaired) electrons. The van der Waals surface area contributed by atoms with Crippen molar-refractivity contribution >= 4 is 5.69 Å². The molecule has 2 rings (SSSR count). The van der Waals surface area contributed by atoms with E-state index in [1.165, 1.54) is 5.56 Å². The van der Waals surface area contributed by atoms with Crippen LogP contribution in [-0.4, -0.2) is 11.1 Å². The van der Waals surface area contributed by atoms with Crippen molar-refractivity contribution < 1.29 is 5.11 Å². The number of hydrogen-bond donors (Lipinski definition) is 2. The molecule has 0 aliphatic rings. The first-order chi connectivity index (χ1) is 9.54. The third-order valence-corrected chi connectivity index (χ3v) is 3.44. The Bertz CT molecular complexity index is 546. The molecule has 0 saturated heterocycles. The van der Waals surface area contributed by atoms with Crippen LogP contribution in [0.1, 0.15) is 37.8 Å². The first kappa shape index (κ1) is 14.4. The minimum Gasteiger partial charge on any atom is -0.508 e. The maximum absolute atomic E-state index is 9.48. The number of rotatable bonds is 5. The Morgan fingerprint density at radius 3 is 2.30 bits per heavy atom. The van der Waals surface area contributed by atoms with E-state index >= 15 is 0 Å². The summed E-state index contributed by atoms with van der Waals surface area (Å²) in [4.78, 5) is 0. The van der Waals surface area contributed by atoms with E-state index in [4.69, 9.17) is 0 Å². The predicted octanol–water partition coefficient (Wildman–Crippen LogP) is 4.56. The fraction of sp³-hybridized carbons (Fsp3) is 0.333. The molecule has 0 aliphatic carbocycles. The summed E-state index contributed by atoms with van der Waals surface area (Å²) in [5.74, 6) is 0.893. The van der Waals surface area contributed by atoms with Gasteiger partial charge in [0.05, 0.1) is 0 Å². The van der Waals surface area contributed by atoms with E-state index in [0.717, 1.165) is 17.7 Å². The second-order valence-corrected chi connectivity index (χ2v) is 5.70. The molecule has 2 heteroatoms. The molecule has 0 spiro atoms. The van der Waals surface area contributed by atoms with E-state index < -0.39 is 0 Å². The molecule has 0 amide bonds. The van der Waals surface area contributed by atoms with Gasteiger partial charge in [-0.15, -0.1) is 0 Å². The molecule has 0 heterocycles. The van der Waals surface area contributed by atoms with Crippen molar-refractivity contribution in [2.24, 2.45) is 0 Å². The van der Waals surface area contributed by atoms with Crippen LogP contribution in [-0.2, 0) is 6.42 Å². The SMILES string of the molecule is CC(C)c1ccc(N[C@H](C)Cc2cccc(O)c2)cc1. The Balaban J connectivity index is 1.95. The monoisotopic (exact) mass is 269 g/mol.